The van der Waals surface area contributed by atoms with E-state index in [-0.39, 0.29) is 11.0 Å². The first-order chi connectivity index (χ1) is 7.87. The Bertz CT molecular complexity index is 406. The molecule has 1 N–H and O–H groups in total. The third-order valence-corrected chi connectivity index (χ3v) is 4.28. The summed E-state index contributed by atoms with van der Waals surface area (Å²) in [5, 5.41) is 3.79. The van der Waals surface area contributed by atoms with Gasteiger partial charge in [-0.15, -0.1) is 0 Å². The molecular formula is C16H25N. The summed E-state index contributed by atoms with van der Waals surface area (Å²) in [5.74, 6) is 0. The third-order valence-electron chi connectivity index (χ3n) is 4.28. The van der Waals surface area contributed by atoms with Gasteiger partial charge in [0.25, 0.3) is 0 Å². The second kappa shape index (κ2) is 4.13. The Morgan fingerprint density at radius 2 is 1.88 bits per heavy atom. The van der Waals surface area contributed by atoms with E-state index < -0.39 is 0 Å². The molecule has 0 aliphatic carbocycles. The van der Waals surface area contributed by atoms with Crippen LogP contribution in [0.15, 0.2) is 18.2 Å². The molecule has 1 heterocycles. The fourth-order valence-corrected chi connectivity index (χ4v) is 3.31. The summed E-state index contributed by atoms with van der Waals surface area (Å²) in [6, 6.07) is 6.88. The van der Waals surface area contributed by atoms with Crippen LogP contribution in [0.25, 0.3) is 0 Å². The van der Waals surface area contributed by atoms with Crippen molar-refractivity contribution in [1.29, 1.82) is 0 Å². The van der Waals surface area contributed by atoms with Crippen LogP contribution in [0.5, 0.6) is 0 Å². The average molecular weight is 231 g/mol. The predicted octanol–water partition coefficient (Wildman–Crippen LogP) is 3.93. The summed E-state index contributed by atoms with van der Waals surface area (Å²) in [4.78, 5) is 0. The standard InChI is InChI=1S/C16H25N/c1-12-7-8-14(13(2)11-12)16(15(3,4)5)9-6-10-17-16/h7-8,11,17H,6,9-10H2,1-5H3. The number of hydrogen-bond donors (Lipinski definition) is 1. The van der Waals surface area contributed by atoms with E-state index in [1.54, 1.807) is 0 Å². The summed E-state index contributed by atoms with van der Waals surface area (Å²) in [5.41, 5.74) is 4.68. The Hall–Kier alpha value is -0.820. The maximum absolute atomic E-state index is 3.79. The molecule has 0 saturated carbocycles. The van der Waals surface area contributed by atoms with Gasteiger partial charge in [-0.1, -0.05) is 44.5 Å². The lowest BCUT2D eigenvalue weighted by atomic mass is 9.67. The average Bonchev–Trinajstić information content (AvgIpc) is 2.66. The zero-order valence-corrected chi connectivity index (χ0v) is 11.9. The molecule has 0 amide bonds. The largest absolute Gasteiger partial charge is 0.307 e. The molecule has 1 fully saturated rings. The minimum Gasteiger partial charge on any atom is -0.307 e. The van der Waals surface area contributed by atoms with Crippen LogP contribution in [0.3, 0.4) is 0 Å². The van der Waals surface area contributed by atoms with Gasteiger partial charge in [0.2, 0.25) is 0 Å². The van der Waals surface area contributed by atoms with Gasteiger partial charge in [-0.3, -0.25) is 0 Å². The molecule has 0 aromatic heterocycles. The van der Waals surface area contributed by atoms with Crippen LogP contribution in [-0.4, -0.2) is 6.54 Å². The van der Waals surface area contributed by atoms with Gasteiger partial charge in [0.15, 0.2) is 0 Å². The fourth-order valence-electron chi connectivity index (χ4n) is 3.31. The van der Waals surface area contributed by atoms with Crippen molar-refractivity contribution in [2.45, 2.75) is 53.0 Å². The van der Waals surface area contributed by atoms with Gasteiger partial charge >= 0.3 is 0 Å². The van der Waals surface area contributed by atoms with Crippen LogP contribution in [0.2, 0.25) is 0 Å². The molecule has 1 unspecified atom stereocenters. The van der Waals surface area contributed by atoms with Gasteiger partial charge in [0.1, 0.15) is 0 Å². The molecule has 1 saturated heterocycles. The van der Waals surface area contributed by atoms with E-state index in [1.165, 1.54) is 29.5 Å². The number of nitrogens with one attached hydrogen (secondary N) is 1. The second-order valence-electron chi connectivity index (χ2n) is 6.50. The van der Waals surface area contributed by atoms with Gasteiger partial charge < -0.3 is 5.32 Å². The predicted molar refractivity (Wildman–Crippen MR) is 74.3 cm³/mol. The van der Waals surface area contributed by atoms with E-state index in [1.807, 2.05) is 0 Å². The maximum Gasteiger partial charge on any atom is 0.0486 e. The van der Waals surface area contributed by atoms with Crippen LogP contribution < -0.4 is 5.32 Å². The molecule has 0 bridgehead atoms. The molecular weight excluding hydrogens is 206 g/mol. The van der Waals surface area contributed by atoms with E-state index in [4.69, 9.17) is 0 Å². The number of aryl methyl sites for hydroxylation is 2. The molecule has 2 rings (SSSR count). The van der Waals surface area contributed by atoms with E-state index >= 15 is 0 Å². The first kappa shape index (κ1) is 12.6. The number of rotatable bonds is 1. The highest BCUT2D eigenvalue weighted by Crippen LogP contribution is 2.46. The minimum absolute atomic E-state index is 0.158. The summed E-state index contributed by atoms with van der Waals surface area (Å²) in [7, 11) is 0. The van der Waals surface area contributed by atoms with E-state index in [0.717, 1.165) is 6.54 Å². The molecule has 1 atom stereocenters. The monoisotopic (exact) mass is 231 g/mol. The highest BCUT2D eigenvalue weighted by Gasteiger charge is 2.45. The minimum atomic E-state index is 0.158. The molecule has 1 nitrogen and oxygen atoms in total. The normalized spacial score (nSPS) is 25.2. The van der Waals surface area contributed by atoms with Gasteiger partial charge in [-0.2, -0.15) is 0 Å². The van der Waals surface area contributed by atoms with E-state index in [9.17, 15) is 0 Å². The topological polar surface area (TPSA) is 12.0 Å². The molecule has 17 heavy (non-hydrogen) atoms. The molecule has 0 spiro atoms. The lowest BCUT2D eigenvalue weighted by Gasteiger charge is -2.43. The molecule has 1 heteroatoms. The van der Waals surface area contributed by atoms with E-state index in [2.05, 4.69) is 58.1 Å². The van der Waals surface area contributed by atoms with Crippen LogP contribution in [0.1, 0.15) is 50.3 Å². The van der Waals surface area contributed by atoms with Crippen molar-refractivity contribution < 1.29 is 0 Å². The summed E-state index contributed by atoms with van der Waals surface area (Å²) in [6.07, 6.45) is 2.53. The van der Waals surface area contributed by atoms with Gasteiger partial charge in [0.05, 0.1) is 0 Å². The fraction of sp³-hybridized carbons (Fsp3) is 0.625. The summed E-state index contributed by atoms with van der Waals surface area (Å²) < 4.78 is 0. The Kier molecular flexibility index (Phi) is 3.07. The third kappa shape index (κ3) is 2.01. The molecule has 1 aliphatic heterocycles. The van der Waals surface area contributed by atoms with Crippen molar-refractivity contribution in [3.63, 3.8) is 0 Å². The first-order valence-corrected chi connectivity index (χ1v) is 6.70. The molecule has 1 aromatic rings. The van der Waals surface area contributed by atoms with Crippen LogP contribution in [0, 0.1) is 19.3 Å². The Balaban J connectivity index is 2.54. The van der Waals surface area contributed by atoms with Crippen LogP contribution >= 0.6 is 0 Å². The van der Waals surface area contributed by atoms with Crippen molar-refractivity contribution in [3.05, 3.63) is 34.9 Å². The summed E-state index contributed by atoms with van der Waals surface area (Å²) in [6.45, 7) is 12.6. The highest BCUT2D eigenvalue weighted by molar-refractivity contribution is 5.38. The van der Waals surface area contributed by atoms with Crippen molar-refractivity contribution in [3.8, 4) is 0 Å². The lowest BCUT2D eigenvalue weighted by Crippen LogP contribution is -2.48. The quantitative estimate of drug-likeness (QED) is 0.772. The highest BCUT2D eigenvalue weighted by atomic mass is 15.0. The maximum atomic E-state index is 3.79. The zero-order chi connectivity index (χ0) is 12.7. The lowest BCUT2D eigenvalue weighted by molar-refractivity contribution is 0.160. The first-order valence-electron chi connectivity index (χ1n) is 6.70. The molecule has 94 valence electrons. The van der Waals surface area contributed by atoms with Crippen molar-refractivity contribution in [1.82, 2.24) is 5.32 Å². The van der Waals surface area contributed by atoms with Crippen LogP contribution in [0.4, 0.5) is 0 Å². The molecule has 1 aliphatic rings. The van der Waals surface area contributed by atoms with Gasteiger partial charge in [0, 0.05) is 5.54 Å². The molecule has 1 aromatic carbocycles. The van der Waals surface area contributed by atoms with Gasteiger partial charge in [-0.25, -0.2) is 0 Å². The van der Waals surface area contributed by atoms with Crippen LogP contribution in [-0.2, 0) is 5.54 Å². The Morgan fingerprint density at radius 3 is 2.35 bits per heavy atom. The van der Waals surface area contributed by atoms with Crippen molar-refractivity contribution >= 4 is 0 Å². The Morgan fingerprint density at radius 1 is 1.18 bits per heavy atom. The van der Waals surface area contributed by atoms with Crippen molar-refractivity contribution in [2.75, 3.05) is 6.54 Å². The van der Waals surface area contributed by atoms with Crippen molar-refractivity contribution in [2.24, 2.45) is 5.41 Å². The number of hydrogen-bond acceptors (Lipinski definition) is 1. The Labute approximate surface area is 106 Å². The number of benzene rings is 1. The smallest absolute Gasteiger partial charge is 0.0486 e. The van der Waals surface area contributed by atoms with E-state index in [0.29, 0.717) is 0 Å². The SMILES string of the molecule is Cc1ccc(C2(C(C)(C)C)CCCN2)c(C)c1. The zero-order valence-electron chi connectivity index (χ0n) is 11.9. The molecule has 0 radical (unpaired) electrons. The van der Waals surface area contributed by atoms with Gasteiger partial charge in [-0.05, 0) is 49.8 Å². The summed E-state index contributed by atoms with van der Waals surface area (Å²) >= 11 is 0. The second-order valence-corrected chi connectivity index (χ2v) is 6.50.